The highest BCUT2D eigenvalue weighted by atomic mass is 16.5. The van der Waals surface area contributed by atoms with Gasteiger partial charge in [0, 0.05) is 25.3 Å². The summed E-state index contributed by atoms with van der Waals surface area (Å²) in [6, 6.07) is 7.78. The third-order valence-corrected chi connectivity index (χ3v) is 3.76. The van der Waals surface area contributed by atoms with Crippen molar-refractivity contribution in [2.45, 2.75) is 13.0 Å². The molecule has 1 atom stereocenters. The normalized spacial score (nSPS) is 22.1. The number of ether oxygens (including phenoxy) is 2. The van der Waals surface area contributed by atoms with Gasteiger partial charge in [-0.2, -0.15) is 0 Å². The molecule has 20 heavy (non-hydrogen) atoms. The number of rotatable bonds is 6. The number of nitrogens with zero attached hydrogens (tertiary/aromatic N) is 1. The zero-order valence-corrected chi connectivity index (χ0v) is 12.0. The van der Waals surface area contributed by atoms with Crippen molar-refractivity contribution in [3.05, 3.63) is 29.8 Å². The van der Waals surface area contributed by atoms with Crippen molar-refractivity contribution in [3.63, 3.8) is 0 Å². The predicted octanol–water partition coefficient (Wildman–Crippen LogP) is 1.62. The molecule has 0 bridgehead atoms. The summed E-state index contributed by atoms with van der Waals surface area (Å²) >= 11 is 0. The average Bonchev–Trinajstić information content (AvgIpc) is 2.89. The van der Waals surface area contributed by atoms with Crippen molar-refractivity contribution in [3.8, 4) is 5.75 Å². The van der Waals surface area contributed by atoms with Gasteiger partial charge in [-0.1, -0.05) is 18.2 Å². The summed E-state index contributed by atoms with van der Waals surface area (Å²) in [6.07, 6.45) is 0.568. The van der Waals surface area contributed by atoms with Gasteiger partial charge in [-0.15, -0.1) is 0 Å². The molecule has 5 nitrogen and oxygen atoms in total. The third kappa shape index (κ3) is 3.11. The fourth-order valence-electron chi connectivity index (χ4n) is 2.67. The molecular weight excluding hydrogens is 258 g/mol. The molecule has 1 fully saturated rings. The molecule has 0 aromatic heterocycles. The molecule has 1 saturated heterocycles. The number of hydrogen-bond acceptors (Lipinski definition) is 4. The Labute approximate surface area is 119 Å². The second kappa shape index (κ2) is 6.24. The fourth-order valence-corrected chi connectivity index (χ4v) is 2.67. The van der Waals surface area contributed by atoms with Gasteiger partial charge in [0.1, 0.15) is 11.2 Å². The Morgan fingerprint density at radius 2 is 2.25 bits per heavy atom. The van der Waals surface area contributed by atoms with Crippen LogP contribution in [0.1, 0.15) is 12.0 Å². The highest BCUT2D eigenvalue weighted by molar-refractivity contribution is 5.75. The minimum atomic E-state index is -0.781. The largest absolute Gasteiger partial charge is 0.496 e. The second-order valence-corrected chi connectivity index (χ2v) is 5.37. The van der Waals surface area contributed by atoms with Crippen LogP contribution in [-0.4, -0.2) is 49.9 Å². The number of hydrogen-bond donors (Lipinski definition) is 1. The van der Waals surface area contributed by atoms with E-state index in [2.05, 4.69) is 0 Å². The zero-order valence-electron chi connectivity index (χ0n) is 12.0. The molecule has 0 aliphatic carbocycles. The summed E-state index contributed by atoms with van der Waals surface area (Å²) in [5.41, 5.74) is 0.272. The number of methoxy groups -OCH3 is 1. The summed E-state index contributed by atoms with van der Waals surface area (Å²) in [5.74, 6) is 0.0493. The van der Waals surface area contributed by atoms with E-state index in [0.717, 1.165) is 11.3 Å². The molecule has 1 aromatic carbocycles. The lowest BCUT2D eigenvalue weighted by Gasteiger charge is -2.28. The molecule has 1 N–H and O–H groups in total. The van der Waals surface area contributed by atoms with Crippen LogP contribution in [0, 0.1) is 5.41 Å². The number of aliphatic carboxylic acids is 1. The lowest BCUT2D eigenvalue weighted by atomic mass is 9.87. The molecule has 1 aliphatic heterocycles. The molecule has 0 radical (unpaired) electrons. The van der Waals surface area contributed by atoms with E-state index in [-0.39, 0.29) is 0 Å². The van der Waals surface area contributed by atoms with Crippen LogP contribution >= 0.6 is 0 Å². The lowest BCUT2D eigenvalue weighted by molar-refractivity contribution is -0.150. The van der Waals surface area contributed by atoms with E-state index in [1.165, 1.54) is 0 Å². The van der Waals surface area contributed by atoms with E-state index >= 15 is 0 Å². The van der Waals surface area contributed by atoms with Crippen molar-refractivity contribution in [2.75, 3.05) is 33.9 Å². The maximum absolute atomic E-state index is 11.5. The molecule has 5 heteroatoms. The highest BCUT2D eigenvalue weighted by Crippen LogP contribution is 2.30. The van der Waals surface area contributed by atoms with Crippen LogP contribution in [0.3, 0.4) is 0 Å². The van der Waals surface area contributed by atoms with Crippen molar-refractivity contribution >= 4 is 5.97 Å². The van der Waals surface area contributed by atoms with E-state index in [1.807, 2.05) is 36.2 Å². The van der Waals surface area contributed by atoms with Crippen molar-refractivity contribution in [1.29, 1.82) is 0 Å². The van der Waals surface area contributed by atoms with Crippen LogP contribution in [-0.2, 0) is 16.1 Å². The minimum absolute atomic E-state index is 0.290. The first-order valence-electron chi connectivity index (χ1n) is 6.69. The van der Waals surface area contributed by atoms with E-state index in [9.17, 15) is 9.90 Å². The van der Waals surface area contributed by atoms with Crippen LogP contribution in [0.15, 0.2) is 24.3 Å². The van der Waals surface area contributed by atoms with Crippen LogP contribution < -0.4 is 4.74 Å². The van der Waals surface area contributed by atoms with Crippen molar-refractivity contribution in [2.24, 2.45) is 5.41 Å². The van der Waals surface area contributed by atoms with Crippen LogP contribution in [0.2, 0.25) is 0 Å². The number of benzene rings is 1. The summed E-state index contributed by atoms with van der Waals surface area (Å²) in [6.45, 7) is 1.94. The molecule has 0 spiro atoms. The first-order chi connectivity index (χ1) is 9.57. The number of para-hydroxylation sites is 1. The van der Waals surface area contributed by atoms with Gasteiger partial charge < -0.3 is 19.5 Å². The maximum Gasteiger partial charge on any atom is 0.313 e. The smallest absolute Gasteiger partial charge is 0.313 e. The SMILES string of the molecule is COc1ccccc1CN(C)CC1(C(=O)O)CCOC1. The molecule has 1 aliphatic rings. The first kappa shape index (κ1) is 14.8. The van der Waals surface area contributed by atoms with Gasteiger partial charge in [0.15, 0.2) is 0 Å². The van der Waals surface area contributed by atoms with E-state index in [0.29, 0.717) is 32.7 Å². The van der Waals surface area contributed by atoms with E-state index < -0.39 is 11.4 Å². The molecule has 0 amide bonds. The van der Waals surface area contributed by atoms with Gasteiger partial charge in [0.25, 0.3) is 0 Å². The summed E-state index contributed by atoms with van der Waals surface area (Å²) in [5, 5.41) is 9.45. The Kier molecular flexibility index (Phi) is 4.62. The van der Waals surface area contributed by atoms with Crippen molar-refractivity contribution in [1.82, 2.24) is 4.90 Å². The molecule has 110 valence electrons. The molecule has 2 rings (SSSR count). The molecular formula is C15H21NO4. The molecule has 1 aromatic rings. The van der Waals surface area contributed by atoms with E-state index in [1.54, 1.807) is 7.11 Å². The molecule has 1 unspecified atom stereocenters. The van der Waals surface area contributed by atoms with Gasteiger partial charge in [-0.3, -0.25) is 4.79 Å². The van der Waals surface area contributed by atoms with Gasteiger partial charge in [0.05, 0.1) is 13.7 Å². The number of carboxylic acid groups (broad SMARTS) is 1. The van der Waals surface area contributed by atoms with Gasteiger partial charge in [0.2, 0.25) is 0 Å². The second-order valence-electron chi connectivity index (χ2n) is 5.37. The number of carboxylic acids is 1. The topological polar surface area (TPSA) is 59.0 Å². The average molecular weight is 279 g/mol. The quantitative estimate of drug-likeness (QED) is 0.857. The standard InChI is InChI=1S/C15H21NO4/c1-16(9-12-5-3-4-6-13(12)19-2)10-15(14(17)18)7-8-20-11-15/h3-6H,7-11H2,1-2H3,(H,17,18). The Bertz CT molecular complexity index is 469. The third-order valence-electron chi connectivity index (χ3n) is 3.76. The van der Waals surface area contributed by atoms with Gasteiger partial charge >= 0.3 is 5.97 Å². The highest BCUT2D eigenvalue weighted by Gasteiger charge is 2.43. The Balaban J connectivity index is 2.05. The van der Waals surface area contributed by atoms with Gasteiger partial charge in [-0.25, -0.2) is 0 Å². The Morgan fingerprint density at radius 1 is 1.50 bits per heavy atom. The summed E-state index contributed by atoms with van der Waals surface area (Å²) in [7, 11) is 3.57. The Hall–Kier alpha value is -1.59. The van der Waals surface area contributed by atoms with E-state index in [4.69, 9.17) is 9.47 Å². The molecule has 0 saturated carbocycles. The zero-order chi connectivity index (χ0) is 14.6. The predicted molar refractivity (Wildman–Crippen MR) is 74.8 cm³/mol. The summed E-state index contributed by atoms with van der Waals surface area (Å²) in [4.78, 5) is 13.5. The number of carbonyl (C=O) groups is 1. The fraction of sp³-hybridized carbons (Fsp3) is 0.533. The van der Waals surface area contributed by atoms with Gasteiger partial charge in [-0.05, 0) is 19.5 Å². The van der Waals surface area contributed by atoms with Crippen LogP contribution in [0.5, 0.6) is 5.75 Å². The molecule has 1 heterocycles. The van der Waals surface area contributed by atoms with Crippen molar-refractivity contribution < 1.29 is 19.4 Å². The minimum Gasteiger partial charge on any atom is -0.496 e. The lowest BCUT2D eigenvalue weighted by Crippen LogP contribution is -2.42. The monoisotopic (exact) mass is 279 g/mol. The Morgan fingerprint density at radius 3 is 2.85 bits per heavy atom. The maximum atomic E-state index is 11.5. The first-order valence-corrected chi connectivity index (χ1v) is 6.69. The van der Waals surface area contributed by atoms with Crippen LogP contribution in [0.4, 0.5) is 0 Å². The van der Waals surface area contributed by atoms with Crippen LogP contribution in [0.25, 0.3) is 0 Å². The summed E-state index contributed by atoms with van der Waals surface area (Å²) < 4.78 is 10.6.